The van der Waals surface area contributed by atoms with Gasteiger partial charge in [-0.3, -0.25) is 9.69 Å². The lowest BCUT2D eigenvalue weighted by Gasteiger charge is -2.38. The van der Waals surface area contributed by atoms with Crippen molar-refractivity contribution in [2.75, 3.05) is 26.7 Å². The Morgan fingerprint density at radius 1 is 1.71 bits per heavy atom. The summed E-state index contributed by atoms with van der Waals surface area (Å²) in [6.07, 6.45) is 1.67. The Labute approximate surface area is 101 Å². The number of piperazine rings is 1. The lowest BCUT2D eigenvalue weighted by atomic mass is 10.1. The first-order chi connectivity index (χ1) is 8.24. The largest absolute Gasteiger partial charge is 0.468 e. The number of hydrogen-bond donors (Lipinski definition) is 2. The number of likely N-dealkylation sites (N-methyl/N-ethyl adjacent to an activating group) is 1. The zero-order valence-corrected chi connectivity index (χ0v) is 10.3. The van der Waals surface area contributed by atoms with Crippen LogP contribution in [0.25, 0.3) is 0 Å². The topological polar surface area (TPSA) is 57.5 Å². The minimum Gasteiger partial charge on any atom is -0.468 e. The smallest absolute Gasteiger partial charge is 0.238 e. The predicted octanol–water partition coefficient (Wildman–Crippen LogP) is 0.360. The third-order valence-electron chi connectivity index (χ3n) is 3.29. The maximum absolute atomic E-state index is 11.8. The van der Waals surface area contributed by atoms with Gasteiger partial charge in [-0.2, -0.15) is 0 Å². The Bertz CT molecular complexity index is 364. The molecule has 2 rings (SSSR count). The van der Waals surface area contributed by atoms with Crippen LogP contribution in [0.2, 0.25) is 0 Å². The molecule has 5 heteroatoms. The first-order valence-corrected chi connectivity index (χ1v) is 5.95. The molecule has 1 aliphatic rings. The number of carbonyl (C=O) groups is 1. The zero-order valence-electron chi connectivity index (χ0n) is 10.3. The fourth-order valence-electron chi connectivity index (χ4n) is 2.29. The summed E-state index contributed by atoms with van der Waals surface area (Å²) in [6.45, 7) is 4.50. The second kappa shape index (κ2) is 5.33. The van der Waals surface area contributed by atoms with Crippen molar-refractivity contribution in [1.82, 2.24) is 15.5 Å². The molecule has 0 aromatic carbocycles. The van der Waals surface area contributed by atoms with Gasteiger partial charge < -0.3 is 15.1 Å². The highest BCUT2D eigenvalue weighted by molar-refractivity contribution is 5.81. The van der Waals surface area contributed by atoms with Gasteiger partial charge in [-0.15, -0.1) is 0 Å². The van der Waals surface area contributed by atoms with Crippen molar-refractivity contribution in [1.29, 1.82) is 0 Å². The standard InChI is InChI=1S/C12H19N3O2/c1-9(11-4-3-7-17-11)15-6-5-14-8-10(15)12(16)13-2/h3-4,7,9-10,14H,5-6,8H2,1-2H3,(H,13,16). The first kappa shape index (κ1) is 12.1. The van der Waals surface area contributed by atoms with Crippen molar-refractivity contribution >= 4 is 5.91 Å². The second-order valence-electron chi connectivity index (χ2n) is 4.26. The summed E-state index contributed by atoms with van der Waals surface area (Å²) in [6, 6.07) is 3.82. The molecule has 17 heavy (non-hydrogen) atoms. The van der Waals surface area contributed by atoms with Crippen molar-refractivity contribution in [3.63, 3.8) is 0 Å². The van der Waals surface area contributed by atoms with E-state index in [0.717, 1.165) is 18.8 Å². The minimum atomic E-state index is -0.131. The van der Waals surface area contributed by atoms with Crippen molar-refractivity contribution < 1.29 is 9.21 Å². The monoisotopic (exact) mass is 237 g/mol. The predicted molar refractivity (Wildman–Crippen MR) is 64.6 cm³/mol. The molecule has 1 aromatic rings. The van der Waals surface area contributed by atoms with Crippen molar-refractivity contribution in [3.05, 3.63) is 24.2 Å². The average molecular weight is 237 g/mol. The molecule has 2 N–H and O–H groups in total. The number of nitrogens with one attached hydrogen (secondary N) is 2. The van der Waals surface area contributed by atoms with Crippen molar-refractivity contribution in [3.8, 4) is 0 Å². The molecule has 0 aliphatic carbocycles. The summed E-state index contributed by atoms with van der Waals surface area (Å²) in [5.41, 5.74) is 0. The van der Waals surface area contributed by atoms with Crippen LogP contribution in [0.5, 0.6) is 0 Å². The van der Waals surface area contributed by atoms with Gasteiger partial charge in [0.1, 0.15) is 11.8 Å². The SMILES string of the molecule is CNC(=O)C1CNCCN1C(C)c1ccco1. The van der Waals surface area contributed by atoms with Gasteiger partial charge in [-0.25, -0.2) is 0 Å². The van der Waals surface area contributed by atoms with Gasteiger partial charge in [0, 0.05) is 26.7 Å². The van der Waals surface area contributed by atoms with Crippen LogP contribution in [0.1, 0.15) is 18.7 Å². The van der Waals surface area contributed by atoms with Crippen LogP contribution in [0.4, 0.5) is 0 Å². The lowest BCUT2D eigenvalue weighted by Crippen LogP contribution is -2.57. The van der Waals surface area contributed by atoms with Crippen LogP contribution in [0.3, 0.4) is 0 Å². The van der Waals surface area contributed by atoms with E-state index in [4.69, 9.17) is 4.42 Å². The zero-order chi connectivity index (χ0) is 12.3. The van der Waals surface area contributed by atoms with Crippen LogP contribution in [-0.2, 0) is 4.79 Å². The minimum absolute atomic E-state index is 0.0515. The number of amides is 1. The van der Waals surface area contributed by atoms with Crippen LogP contribution in [0, 0.1) is 0 Å². The Kier molecular flexibility index (Phi) is 3.81. The molecule has 2 unspecified atom stereocenters. The van der Waals surface area contributed by atoms with Crippen LogP contribution in [0.15, 0.2) is 22.8 Å². The highest BCUT2D eigenvalue weighted by atomic mass is 16.3. The molecular formula is C12H19N3O2. The highest BCUT2D eigenvalue weighted by Crippen LogP contribution is 2.23. The Morgan fingerprint density at radius 3 is 3.18 bits per heavy atom. The molecule has 5 nitrogen and oxygen atoms in total. The van der Waals surface area contributed by atoms with Gasteiger partial charge in [0.2, 0.25) is 5.91 Å². The molecule has 1 aliphatic heterocycles. The number of carbonyl (C=O) groups excluding carboxylic acids is 1. The summed E-state index contributed by atoms with van der Waals surface area (Å²) in [5, 5.41) is 5.96. The van der Waals surface area contributed by atoms with Crippen molar-refractivity contribution in [2.24, 2.45) is 0 Å². The van der Waals surface area contributed by atoms with Crippen molar-refractivity contribution in [2.45, 2.75) is 19.0 Å². The maximum Gasteiger partial charge on any atom is 0.238 e. The average Bonchev–Trinajstić information content (AvgIpc) is 2.91. The van der Waals surface area contributed by atoms with Gasteiger partial charge >= 0.3 is 0 Å². The summed E-state index contributed by atoms with van der Waals surface area (Å²) in [5.74, 6) is 0.955. The quantitative estimate of drug-likeness (QED) is 0.797. The number of furan rings is 1. The van der Waals surface area contributed by atoms with Gasteiger partial charge in [0.25, 0.3) is 0 Å². The fourth-order valence-corrected chi connectivity index (χ4v) is 2.29. The lowest BCUT2D eigenvalue weighted by molar-refractivity contribution is -0.127. The van der Waals surface area contributed by atoms with Crippen LogP contribution < -0.4 is 10.6 Å². The summed E-state index contributed by atoms with van der Waals surface area (Å²) in [7, 11) is 1.67. The van der Waals surface area contributed by atoms with E-state index in [1.807, 2.05) is 12.1 Å². The second-order valence-corrected chi connectivity index (χ2v) is 4.26. The summed E-state index contributed by atoms with van der Waals surface area (Å²) >= 11 is 0. The maximum atomic E-state index is 11.8. The van der Waals surface area contributed by atoms with E-state index in [0.29, 0.717) is 6.54 Å². The summed E-state index contributed by atoms with van der Waals surface area (Å²) in [4.78, 5) is 14.0. The van der Waals surface area contributed by atoms with Crippen LogP contribution in [-0.4, -0.2) is 43.5 Å². The van der Waals surface area contributed by atoms with Gasteiger partial charge in [0.15, 0.2) is 0 Å². The number of nitrogens with zero attached hydrogens (tertiary/aromatic N) is 1. The molecular weight excluding hydrogens is 218 g/mol. The summed E-state index contributed by atoms with van der Waals surface area (Å²) < 4.78 is 5.42. The molecule has 0 saturated carbocycles. The molecule has 1 aromatic heterocycles. The van der Waals surface area contributed by atoms with Gasteiger partial charge in [0.05, 0.1) is 12.3 Å². The van der Waals surface area contributed by atoms with E-state index in [1.165, 1.54) is 0 Å². The third-order valence-corrected chi connectivity index (χ3v) is 3.29. The Balaban J connectivity index is 2.13. The Morgan fingerprint density at radius 2 is 2.53 bits per heavy atom. The number of rotatable bonds is 3. The van der Waals surface area contributed by atoms with E-state index >= 15 is 0 Å². The van der Waals surface area contributed by atoms with E-state index in [9.17, 15) is 4.79 Å². The molecule has 1 fully saturated rings. The third kappa shape index (κ3) is 2.50. The molecule has 2 heterocycles. The fraction of sp³-hybridized carbons (Fsp3) is 0.583. The van der Waals surface area contributed by atoms with Gasteiger partial charge in [-0.05, 0) is 19.1 Å². The van der Waals surface area contributed by atoms with Gasteiger partial charge in [-0.1, -0.05) is 0 Å². The molecule has 1 amide bonds. The van der Waals surface area contributed by atoms with E-state index in [1.54, 1.807) is 13.3 Å². The van der Waals surface area contributed by atoms with E-state index in [-0.39, 0.29) is 18.0 Å². The number of hydrogen-bond acceptors (Lipinski definition) is 4. The highest BCUT2D eigenvalue weighted by Gasteiger charge is 2.32. The van der Waals surface area contributed by atoms with E-state index in [2.05, 4.69) is 22.5 Å². The van der Waals surface area contributed by atoms with Crippen LogP contribution >= 0.6 is 0 Å². The molecule has 0 bridgehead atoms. The van der Waals surface area contributed by atoms with E-state index < -0.39 is 0 Å². The molecule has 1 saturated heterocycles. The first-order valence-electron chi connectivity index (χ1n) is 5.95. The molecule has 0 radical (unpaired) electrons. The molecule has 94 valence electrons. The Hall–Kier alpha value is -1.33. The molecule has 2 atom stereocenters. The normalized spacial score (nSPS) is 23.3. The molecule has 0 spiro atoms.